The molecule has 1 aromatic carbocycles. The maximum absolute atomic E-state index is 13.4. The number of rotatable bonds is 2. The third-order valence-corrected chi connectivity index (χ3v) is 3.94. The molecule has 0 aliphatic carbocycles. The number of halogens is 1. The molecule has 2 atom stereocenters. The molecule has 5 heteroatoms. The Hall–Kier alpha value is -1.62. The van der Waals surface area contributed by atoms with Crippen molar-refractivity contribution in [1.29, 1.82) is 0 Å². The van der Waals surface area contributed by atoms with Crippen LogP contribution in [0.15, 0.2) is 18.2 Å². The minimum absolute atomic E-state index is 0.114. The molecule has 4 nitrogen and oxygen atoms in total. The van der Waals surface area contributed by atoms with Gasteiger partial charge in [0.2, 0.25) is 0 Å². The predicted octanol–water partition coefficient (Wildman–Crippen LogP) is 2.76. The van der Waals surface area contributed by atoms with Gasteiger partial charge in [-0.1, -0.05) is 6.07 Å². The fraction of sp³-hybridized carbons (Fsp3) is 0.533. The Morgan fingerprint density at radius 3 is 3.00 bits per heavy atom. The molecule has 1 saturated heterocycles. The molecule has 2 N–H and O–H groups in total. The summed E-state index contributed by atoms with van der Waals surface area (Å²) < 4.78 is 13.4. The molecule has 20 heavy (non-hydrogen) atoms. The van der Waals surface area contributed by atoms with Gasteiger partial charge in [0.1, 0.15) is 5.82 Å². The van der Waals surface area contributed by atoms with Gasteiger partial charge < -0.3 is 15.3 Å². The molecule has 1 aromatic rings. The van der Waals surface area contributed by atoms with Gasteiger partial charge in [-0.05, 0) is 38.8 Å². The van der Waals surface area contributed by atoms with Gasteiger partial charge in [0.05, 0.1) is 6.10 Å². The van der Waals surface area contributed by atoms with Crippen LogP contribution in [0.4, 0.5) is 14.9 Å². The van der Waals surface area contributed by atoms with Crippen LogP contribution in [0, 0.1) is 18.7 Å². The fourth-order valence-electron chi connectivity index (χ4n) is 2.53. The molecule has 110 valence electrons. The third kappa shape index (κ3) is 3.28. The van der Waals surface area contributed by atoms with Crippen molar-refractivity contribution in [3.8, 4) is 0 Å². The van der Waals surface area contributed by atoms with Crippen LogP contribution in [-0.2, 0) is 0 Å². The van der Waals surface area contributed by atoms with E-state index in [-0.39, 0.29) is 17.8 Å². The molecule has 1 fully saturated rings. The van der Waals surface area contributed by atoms with Gasteiger partial charge in [-0.15, -0.1) is 0 Å². The van der Waals surface area contributed by atoms with Gasteiger partial charge in [0.15, 0.2) is 0 Å². The highest BCUT2D eigenvalue weighted by Crippen LogP contribution is 2.22. The van der Waals surface area contributed by atoms with Crippen molar-refractivity contribution in [1.82, 2.24) is 4.90 Å². The maximum Gasteiger partial charge on any atom is 0.321 e. The molecule has 0 bridgehead atoms. The molecule has 0 saturated carbocycles. The van der Waals surface area contributed by atoms with Crippen LogP contribution in [0.25, 0.3) is 0 Å². The highest BCUT2D eigenvalue weighted by molar-refractivity contribution is 5.90. The van der Waals surface area contributed by atoms with Crippen LogP contribution in [0.3, 0.4) is 0 Å². The summed E-state index contributed by atoms with van der Waals surface area (Å²) in [7, 11) is 0. The Kier molecular flexibility index (Phi) is 4.60. The molecule has 0 spiro atoms. The number of likely N-dealkylation sites (tertiary alicyclic amines) is 1. The van der Waals surface area contributed by atoms with E-state index in [0.717, 1.165) is 12.8 Å². The van der Waals surface area contributed by atoms with Gasteiger partial charge in [-0.3, -0.25) is 0 Å². The third-order valence-electron chi connectivity index (χ3n) is 3.94. The van der Waals surface area contributed by atoms with E-state index >= 15 is 0 Å². The molecule has 0 aromatic heterocycles. The summed E-state index contributed by atoms with van der Waals surface area (Å²) in [6.07, 6.45) is 1.40. The number of nitrogens with zero attached hydrogens (tertiary/aromatic N) is 1. The van der Waals surface area contributed by atoms with Gasteiger partial charge in [-0.2, -0.15) is 0 Å². The second kappa shape index (κ2) is 6.22. The number of nitrogens with one attached hydrogen (secondary N) is 1. The van der Waals surface area contributed by atoms with Gasteiger partial charge in [-0.25, -0.2) is 9.18 Å². The van der Waals surface area contributed by atoms with E-state index in [4.69, 9.17) is 0 Å². The summed E-state index contributed by atoms with van der Waals surface area (Å²) in [6, 6.07) is 4.40. The van der Waals surface area contributed by atoms with Crippen molar-refractivity contribution in [2.75, 3.05) is 18.4 Å². The number of hydrogen-bond acceptors (Lipinski definition) is 2. The first-order chi connectivity index (χ1) is 9.49. The van der Waals surface area contributed by atoms with Gasteiger partial charge in [0.25, 0.3) is 0 Å². The van der Waals surface area contributed by atoms with Crippen LogP contribution in [0.5, 0.6) is 0 Å². The number of aliphatic hydroxyl groups is 1. The normalized spacial score (nSPS) is 20.6. The van der Waals surface area contributed by atoms with Crippen LogP contribution in [0.2, 0.25) is 0 Å². The minimum Gasteiger partial charge on any atom is -0.393 e. The lowest BCUT2D eigenvalue weighted by atomic mass is 9.94. The average molecular weight is 280 g/mol. The van der Waals surface area contributed by atoms with Crippen molar-refractivity contribution >= 4 is 11.7 Å². The second-order valence-electron chi connectivity index (χ2n) is 5.43. The van der Waals surface area contributed by atoms with Gasteiger partial charge in [0, 0.05) is 30.3 Å². The van der Waals surface area contributed by atoms with Crippen LogP contribution >= 0.6 is 0 Å². The average Bonchev–Trinajstić information content (AvgIpc) is 2.44. The van der Waals surface area contributed by atoms with Gasteiger partial charge >= 0.3 is 6.03 Å². The molecular formula is C15H21FN2O2. The number of anilines is 1. The van der Waals surface area contributed by atoms with E-state index < -0.39 is 6.10 Å². The first-order valence-electron chi connectivity index (χ1n) is 6.98. The fourth-order valence-corrected chi connectivity index (χ4v) is 2.53. The summed E-state index contributed by atoms with van der Waals surface area (Å²) >= 11 is 0. The Labute approximate surface area is 118 Å². The Morgan fingerprint density at radius 2 is 2.30 bits per heavy atom. The Bertz CT molecular complexity index is 491. The molecule has 0 radical (unpaired) electrons. The largest absolute Gasteiger partial charge is 0.393 e. The monoisotopic (exact) mass is 280 g/mol. The maximum atomic E-state index is 13.4. The zero-order valence-corrected chi connectivity index (χ0v) is 11.9. The summed E-state index contributed by atoms with van der Waals surface area (Å²) in [5.74, 6) is -0.216. The smallest absolute Gasteiger partial charge is 0.321 e. The van der Waals surface area contributed by atoms with Crippen molar-refractivity contribution in [2.45, 2.75) is 32.8 Å². The van der Waals surface area contributed by atoms with E-state index in [9.17, 15) is 14.3 Å². The highest BCUT2D eigenvalue weighted by atomic mass is 19.1. The van der Waals surface area contributed by atoms with Crippen molar-refractivity contribution in [3.05, 3.63) is 29.6 Å². The number of urea groups is 1. The lowest BCUT2D eigenvalue weighted by Crippen LogP contribution is -2.44. The number of amides is 2. The summed E-state index contributed by atoms with van der Waals surface area (Å²) in [5.41, 5.74) is 0.930. The zero-order valence-electron chi connectivity index (χ0n) is 11.9. The number of piperidine rings is 1. The summed E-state index contributed by atoms with van der Waals surface area (Å²) in [6.45, 7) is 4.60. The first-order valence-corrected chi connectivity index (χ1v) is 6.98. The number of hydrogen-bond donors (Lipinski definition) is 2. The number of carbonyl (C=O) groups excluding carboxylic acids is 1. The lowest BCUT2D eigenvalue weighted by molar-refractivity contribution is 0.0766. The summed E-state index contributed by atoms with van der Waals surface area (Å²) in [5, 5.41) is 12.4. The van der Waals surface area contributed by atoms with E-state index in [1.165, 1.54) is 6.07 Å². The number of benzene rings is 1. The highest BCUT2D eigenvalue weighted by Gasteiger charge is 2.26. The zero-order chi connectivity index (χ0) is 14.7. The number of carbonyl (C=O) groups is 1. The Balaban J connectivity index is 2.03. The Morgan fingerprint density at radius 1 is 1.55 bits per heavy atom. The van der Waals surface area contributed by atoms with E-state index in [1.54, 1.807) is 30.9 Å². The van der Waals surface area contributed by atoms with Crippen molar-refractivity contribution in [3.63, 3.8) is 0 Å². The van der Waals surface area contributed by atoms with E-state index in [0.29, 0.717) is 24.3 Å². The molecule has 2 unspecified atom stereocenters. The molecular weight excluding hydrogens is 259 g/mol. The van der Waals surface area contributed by atoms with Crippen molar-refractivity contribution in [2.24, 2.45) is 5.92 Å². The quantitative estimate of drug-likeness (QED) is 0.875. The standard InChI is InChI=1S/C15H21FN2O2/c1-10-13(16)6-3-7-14(10)17-15(20)18-8-4-5-12(9-18)11(2)19/h3,6-7,11-12,19H,4-5,8-9H2,1-2H3,(H,17,20). The molecule has 2 amide bonds. The first kappa shape index (κ1) is 14.8. The van der Waals surface area contributed by atoms with Crippen molar-refractivity contribution < 1.29 is 14.3 Å². The van der Waals surface area contributed by atoms with Crippen LogP contribution in [0.1, 0.15) is 25.3 Å². The van der Waals surface area contributed by atoms with Crippen LogP contribution < -0.4 is 5.32 Å². The van der Waals surface area contributed by atoms with E-state index in [2.05, 4.69) is 5.32 Å². The second-order valence-corrected chi connectivity index (χ2v) is 5.43. The SMILES string of the molecule is Cc1c(F)cccc1NC(=O)N1CCCC(C(C)O)C1. The molecule has 1 aliphatic heterocycles. The topological polar surface area (TPSA) is 52.6 Å². The molecule has 2 rings (SSSR count). The minimum atomic E-state index is -0.415. The lowest BCUT2D eigenvalue weighted by Gasteiger charge is -2.34. The van der Waals surface area contributed by atoms with E-state index in [1.807, 2.05) is 0 Å². The molecule has 1 heterocycles. The summed E-state index contributed by atoms with van der Waals surface area (Å²) in [4.78, 5) is 13.9. The predicted molar refractivity (Wildman–Crippen MR) is 76.1 cm³/mol. The number of aliphatic hydroxyl groups excluding tert-OH is 1. The van der Waals surface area contributed by atoms with Crippen LogP contribution in [-0.4, -0.2) is 35.2 Å². The molecule has 1 aliphatic rings.